The van der Waals surface area contributed by atoms with Gasteiger partial charge in [0.1, 0.15) is 0 Å². The number of ether oxygens (including phenoxy) is 1. The third kappa shape index (κ3) is 4.60. The van der Waals surface area contributed by atoms with Gasteiger partial charge in [0.25, 0.3) is 0 Å². The quantitative estimate of drug-likeness (QED) is 0.817. The molecule has 0 aromatic heterocycles. The first-order valence-electron chi connectivity index (χ1n) is 9.43. The first-order valence-corrected chi connectivity index (χ1v) is 9.43. The van der Waals surface area contributed by atoms with Crippen molar-refractivity contribution >= 4 is 6.03 Å². The van der Waals surface area contributed by atoms with Crippen LogP contribution in [-0.2, 0) is 4.74 Å². The maximum absolute atomic E-state index is 12.7. The van der Waals surface area contributed by atoms with Crippen LogP contribution < -0.4 is 5.32 Å². The molecule has 1 atom stereocenters. The molecule has 23 heavy (non-hydrogen) atoms. The summed E-state index contributed by atoms with van der Waals surface area (Å²) in [5.41, 5.74) is 0.0434. The molecule has 1 unspecified atom stereocenters. The van der Waals surface area contributed by atoms with Gasteiger partial charge in [0.2, 0.25) is 0 Å². The van der Waals surface area contributed by atoms with E-state index in [-0.39, 0.29) is 11.6 Å². The topological polar surface area (TPSA) is 44.8 Å². The molecule has 5 nitrogen and oxygen atoms in total. The first kappa shape index (κ1) is 17.0. The average molecular weight is 323 g/mol. The number of carbonyl (C=O) groups is 1. The van der Waals surface area contributed by atoms with Crippen molar-refractivity contribution in [1.82, 2.24) is 15.1 Å². The van der Waals surface area contributed by atoms with E-state index in [2.05, 4.69) is 29.0 Å². The van der Waals surface area contributed by atoms with E-state index in [0.717, 1.165) is 58.7 Å². The summed E-state index contributed by atoms with van der Waals surface area (Å²) in [5.74, 6) is 0.524. The highest BCUT2D eigenvalue weighted by Crippen LogP contribution is 2.29. The van der Waals surface area contributed by atoms with Gasteiger partial charge in [-0.2, -0.15) is 0 Å². The Morgan fingerprint density at radius 3 is 2.57 bits per heavy atom. The van der Waals surface area contributed by atoms with E-state index >= 15 is 0 Å². The highest BCUT2D eigenvalue weighted by atomic mass is 16.5. The molecule has 3 rings (SSSR count). The molecule has 132 valence electrons. The van der Waals surface area contributed by atoms with Crippen LogP contribution in [0.1, 0.15) is 52.4 Å². The van der Waals surface area contributed by atoms with Crippen LogP contribution in [0.5, 0.6) is 0 Å². The van der Waals surface area contributed by atoms with Crippen LogP contribution in [0.4, 0.5) is 4.79 Å². The lowest BCUT2D eigenvalue weighted by Gasteiger charge is -2.41. The fourth-order valence-electron chi connectivity index (χ4n) is 3.79. The Bertz CT molecular complexity index is 397. The highest BCUT2D eigenvalue weighted by Gasteiger charge is 2.36. The molecule has 3 fully saturated rings. The van der Waals surface area contributed by atoms with Crippen molar-refractivity contribution in [3.05, 3.63) is 0 Å². The van der Waals surface area contributed by atoms with Crippen LogP contribution in [0.2, 0.25) is 0 Å². The Labute approximate surface area is 140 Å². The van der Waals surface area contributed by atoms with Crippen molar-refractivity contribution in [1.29, 1.82) is 0 Å². The highest BCUT2D eigenvalue weighted by molar-refractivity contribution is 5.75. The normalized spacial score (nSPS) is 26.3. The van der Waals surface area contributed by atoms with Gasteiger partial charge in [-0.1, -0.05) is 6.42 Å². The van der Waals surface area contributed by atoms with E-state index < -0.39 is 0 Å². The van der Waals surface area contributed by atoms with Crippen LogP contribution in [0, 0.1) is 5.92 Å². The molecular formula is C18H33N3O2. The molecule has 1 N–H and O–H groups in total. The van der Waals surface area contributed by atoms with E-state index in [1.165, 1.54) is 19.3 Å². The fourth-order valence-corrected chi connectivity index (χ4v) is 3.79. The lowest BCUT2D eigenvalue weighted by molar-refractivity contribution is 0.0929. The van der Waals surface area contributed by atoms with Gasteiger partial charge in [0, 0.05) is 37.2 Å². The maximum Gasteiger partial charge on any atom is 0.317 e. The molecule has 0 radical (unpaired) electrons. The van der Waals surface area contributed by atoms with Crippen LogP contribution in [0.25, 0.3) is 0 Å². The molecule has 3 aliphatic rings. The summed E-state index contributed by atoms with van der Waals surface area (Å²) < 4.78 is 5.47. The Kier molecular flexibility index (Phi) is 5.47. The second-order valence-corrected chi connectivity index (χ2v) is 8.13. The van der Waals surface area contributed by atoms with Gasteiger partial charge in [0.05, 0.1) is 6.61 Å². The number of nitrogens with zero attached hydrogens (tertiary/aromatic N) is 2. The average Bonchev–Trinajstić information content (AvgIpc) is 3.27. The summed E-state index contributed by atoms with van der Waals surface area (Å²) in [6.45, 7) is 10.1. The minimum Gasteiger partial charge on any atom is -0.381 e. The molecule has 2 heterocycles. The van der Waals surface area contributed by atoms with E-state index in [4.69, 9.17) is 4.74 Å². The lowest BCUT2D eigenvalue weighted by Crippen LogP contribution is -2.55. The second kappa shape index (κ2) is 7.39. The van der Waals surface area contributed by atoms with Crippen LogP contribution in [0.15, 0.2) is 0 Å². The molecule has 2 amide bonds. The summed E-state index contributed by atoms with van der Waals surface area (Å²) in [4.78, 5) is 17.3. The number of rotatable bonds is 6. The predicted molar refractivity (Wildman–Crippen MR) is 91.6 cm³/mol. The molecule has 1 saturated carbocycles. The Balaban J connectivity index is 1.49. The Hall–Kier alpha value is -0.810. The Morgan fingerprint density at radius 1 is 1.22 bits per heavy atom. The van der Waals surface area contributed by atoms with Gasteiger partial charge < -0.3 is 15.0 Å². The molecule has 0 bridgehead atoms. The molecule has 0 spiro atoms. The standard InChI is InChI=1S/C18H33N3O2/c1-18(2,20-9-4-3-5-10-20)14-19-17(22)21(16-6-7-16)12-15-8-11-23-13-15/h15-16H,3-14H2,1-2H3,(H,19,22). The molecule has 2 aliphatic heterocycles. The Morgan fingerprint density at radius 2 is 1.96 bits per heavy atom. The van der Waals surface area contributed by atoms with Gasteiger partial charge >= 0.3 is 6.03 Å². The van der Waals surface area contributed by atoms with Crippen LogP contribution >= 0.6 is 0 Å². The van der Waals surface area contributed by atoms with Crippen molar-refractivity contribution in [3.8, 4) is 0 Å². The zero-order valence-corrected chi connectivity index (χ0v) is 14.9. The number of piperidine rings is 1. The summed E-state index contributed by atoms with van der Waals surface area (Å²) in [6.07, 6.45) is 7.33. The first-order chi connectivity index (χ1) is 11.1. The molecule has 1 aliphatic carbocycles. The van der Waals surface area contributed by atoms with Crippen molar-refractivity contribution in [2.75, 3.05) is 39.4 Å². The third-order valence-electron chi connectivity index (χ3n) is 5.61. The van der Waals surface area contributed by atoms with Crippen molar-refractivity contribution in [3.63, 3.8) is 0 Å². The number of hydrogen-bond acceptors (Lipinski definition) is 3. The number of amides is 2. The monoisotopic (exact) mass is 323 g/mol. The molecule has 0 aromatic rings. The largest absolute Gasteiger partial charge is 0.381 e. The summed E-state index contributed by atoms with van der Waals surface area (Å²) in [6, 6.07) is 0.596. The molecule has 0 aromatic carbocycles. The van der Waals surface area contributed by atoms with Gasteiger partial charge in [-0.15, -0.1) is 0 Å². The van der Waals surface area contributed by atoms with Crippen LogP contribution in [-0.4, -0.2) is 66.8 Å². The number of nitrogens with one attached hydrogen (secondary N) is 1. The van der Waals surface area contributed by atoms with E-state index in [9.17, 15) is 4.79 Å². The zero-order chi connectivity index (χ0) is 16.3. The van der Waals surface area contributed by atoms with E-state index in [1.807, 2.05) is 0 Å². The lowest BCUT2D eigenvalue weighted by atomic mass is 9.98. The SMILES string of the molecule is CC(C)(CNC(=O)N(CC1CCOC1)C1CC1)N1CCCCC1. The minimum atomic E-state index is 0.0434. The van der Waals surface area contributed by atoms with Crippen molar-refractivity contribution in [2.45, 2.75) is 64.0 Å². The number of hydrogen-bond donors (Lipinski definition) is 1. The fraction of sp³-hybridized carbons (Fsp3) is 0.944. The maximum atomic E-state index is 12.7. The van der Waals surface area contributed by atoms with Crippen molar-refractivity contribution < 1.29 is 9.53 Å². The number of urea groups is 1. The summed E-state index contributed by atoms with van der Waals surface area (Å²) in [7, 11) is 0. The van der Waals surface area contributed by atoms with E-state index in [1.54, 1.807) is 0 Å². The predicted octanol–water partition coefficient (Wildman–Crippen LogP) is 2.46. The zero-order valence-electron chi connectivity index (χ0n) is 14.9. The van der Waals surface area contributed by atoms with Gasteiger partial charge in [-0.05, 0) is 59.0 Å². The molecule has 2 saturated heterocycles. The summed E-state index contributed by atoms with van der Waals surface area (Å²) >= 11 is 0. The van der Waals surface area contributed by atoms with Crippen molar-refractivity contribution in [2.24, 2.45) is 5.92 Å². The summed E-state index contributed by atoms with van der Waals surface area (Å²) in [5, 5.41) is 3.22. The second-order valence-electron chi connectivity index (χ2n) is 8.13. The number of likely N-dealkylation sites (tertiary alicyclic amines) is 1. The number of carbonyl (C=O) groups excluding carboxylic acids is 1. The van der Waals surface area contributed by atoms with E-state index in [0.29, 0.717) is 12.0 Å². The minimum absolute atomic E-state index is 0.0434. The smallest absolute Gasteiger partial charge is 0.317 e. The molecule has 5 heteroatoms. The van der Waals surface area contributed by atoms with Crippen LogP contribution in [0.3, 0.4) is 0 Å². The third-order valence-corrected chi connectivity index (χ3v) is 5.61. The van der Waals surface area contributed by atoms with Gasteiger partial charge in [-0.3, -0.25) is 4.90 Å². The van der Waals surface area contributed by atoms with Gasteiger partial charge in [-0.25, -0.2) is 4.79 Å². The molecular weight excluding hydrogens is 290 g/mol. The van der Waals surface area contributed by atoms with Gasteiger partial charge in [0.15, 0.2) is 0 Å².